The lowest BCUT2D eigenvalue weighted by Gasteiger charge is -2.26. The Morgan fingerprint density at radius 3 is 2.39 bits per heavy atom. The predicted molar refractivity (Wildman–Crippen MR) is 93.3 cm³/mol. The van der Waals surface area contributed by atoms with E-state index in [-0.39, 0.29) is 35.3 Å². The molecule has 6 nitrogen and oxygen atoms in total. The average Bonchev–Trinajstić information content (AvgIpc) is 2.43. The van der Waals surface area contributed by atoms with Crippen LogP contribution in [0.15, 0.2) is 23.1 Å². The van der Waals surface area contributed by atoms with Crippen LogP contribution in [0, 0.1) is 6.92 Å². The highest BCUT2D eigenvalue weighted by Gasteiger charge is 2.24. The van der Waals surface area contributed by atoms with Gasteiger partial charge in [0.25, 0.3) is 0 Å². The molecule has 0 saturated heterocycles. The maximum absolute atomic E-state index is 12.5. The van der Waals surface area contributed by atoms with Gasteiger partial charge in [-0.2, -0.15) is 0 Å². The predicted octanol–water partition coefficient (Wildman–Crippen LogP) is 1.92. The largest absolute Gasteiger partial charge is 0.328 e. The summed E-state index contributed by atoms with van der Waals surface area (Å²) in [4.78, 5) is 11.3. The lowest BCUT2D eigenvalue weighted by Crippen LogP contribution is -2.40. The molecule has 1 aliphatic rings. The molecule has 1 saturated carbocycles. The van der Waals surface area contributed by atoms with Crippen molar-refractivity contribution in [2.45, 2.75) is 56.5 Å². The quantitative estimate of drug-likeness (QED) is 0.762. The van der Waals surface area contributed by atoms with Crippen molar-refractivity contribution in [3.05, 3.63) is 23.8 Å². The van der Waals surface area contributed by atoms with Gasteiger partial charge < -0.3 is 11.1 Å². The van der Waals surface area contributed by atoms with Gasteiger partial charge in [-0.15, -0.1) is 12.4 Å². The second kappa shape index (κ2) is 8.10. The zero-order valence-electron chi connectivity index (χ0n) is 13.3. The Hall–Kier alpha value is -1.15. The zero-order chi connectivity index (χ0) is 16.3. The minimum atomic E-state index is -3.59. The fourth-order valence-corrected chi connectivity index (χ4v) is 3.95. The van der Waals surface area contributed by atoms with Gasteiger partial charge in [0.05, 0.1) is 4.90 Å². The topological polar surface area (TPSA) is 101 Å². The number of sulfonamides is 1. The summed E-state index contributed by atoms with van der Waals surface area (Å²) in [5, 5.41) is 2.65. The van der Waals surface area contributed by atoms with Crippen molar-refractivity contribution in [1.82, 2.24) is 4.72 Å². The maximum atomic E-state index is 12.5. The van der Waals surface area contributed by atoms with E-state index in [1.165, 1.54) is 13.0 Å². The van der Waals surface area contributed by atoms with Crippen molar-refractivity contribution in [3.63, 3.8) is 0 Å². The van der Waals surface area contributed by atoms with Crippen LogP contribution in [-0.2, 0) is 14.8 Å². The average molecular weight is 362 g/mol. The van der Waals surface area contributed by atoms with Crippen LogP contribution >= 0.6 is 12.4 Å². The van der Waals surface area contributed by atoms with Gasteiger partial charge in [-0.1, -0.05) is 6.07 Å². The lowest BCUT2D eigenvalue weighted by atomic mass is 9.93. The zero-order valence-corrected chi connectivity index (χ0v) is 15.0. The van der Waals surface area contributed by atoms with Gasteiger partial charge in [-0.05, 0) is 50.3 Å². The van der Waals surface area contributed by atoms with Crippen molar-refractivity contribution in [2.75, 3.05) is 5.32 Å². The number of anilines is 1. The van der Waals surface area contributed by atoms with Crippen LogP contribution in [0.3, 0.4) is 0 Å². The second-order valence-corrected chi connectivity index (χ2v) is 7.60. The first-order chi connectivity index (χ1) is 10.3. The SMILES string of the molecule is CC(=O)Nc1cc(S(=O)(=O)NC2CCC(N)CC2)ccc1C.Cl. The molecule has 2 rings (SSSR count). The van der Waals surface area contributed by atoms with Crippen molar-refractivity contribution in [3.8, 4) is 0 Å². The number of hydrogen-bond donors (Lipinski definition) is 3. The van der Waals surface area contributed by atoms with Crippen LogP contribution in [0.2, 0.25) is 0 Å². The van der Waals surface area contributed by atoms with Crippen LogP contribution in [0.25, 0.3) is 0 Å². The number of aryl methyl sites for hydroxylation is 1. The molecular formula is C15H24ClN3O3S. The van der Waals surface area contributed by atoms with Crippen molar-refractivity contribution in [1.29, 1.82) is 0 Å². The van der Waals surface area contributed by atoms with Crippen LogP contribution in [0.4, 0.5) is 5.69 Å². The molecule has 1 aliphatic carbocycles. The monoisotopic (exact) mass is 361 g/mol. The van der Waals surface area contributed by atoms with Gasteiger partial charge in [-0.3, -0.25) is 4.79 Å². The molecule has 130 valence electrons. The van der Waals surface area contributed by atoms with Gasteiger partial charge in [0, 0.05) is 24.7 Å². The normalized spacial score (nSPS) is 21.3. The molecule has 0 heterocycles. The van der Waals surface area contributed by atoms with Gasteiger partial charge in [0.2, 0.25) is 15.9 Å². The molecule has 8 heteroatoms. The summed E-state index contributed by atoms with van der Waals surface area (Å²) in [6.07, 6.45) is 3.17. The van der Waals surface area contributed by atoms with E-state index in [4.69, 9.17) is 5.73 Å². The third-order valence-corrected chi connectivity index (χ3v) is 5.44. The van der Waals surface area contributed by atoms with E-state index in [1.807, 2.05) is 6.92 Å². The van der Waals surface area contributed by atoms with Crippen molar-refractivity contribution < 1.29 is 13.2 Å². The maximum Gasteiger partial charge on any atom is 0.240 e. The van der Waals surface area contributed by atoms with E-state index >= 15 is 0 Å². The van der Waals surface area contributed by atoms with E-state index in [1.54, 1.807) is 12.1 Å². The van der Waals surface area contributed by atoms with E-state index in [0.29, 0.717) is 5.69 Å². The first kappa shape index (κ1) is 19.9. The summed E-state index contributed by atoms with van der Waals surface area (Å²) in [5.74, 6) is -0.230. The standard InChI is InChI=1S/C15H23N3O3S.ClH/c1-10-3-8-14(9-15(10)17-11(2)19)22(20,21)18-13-6-4-12(16)5-7-13;/h3,8-9,12-13,18H,4-7,16H2,1-2H3,(H,17,19);1H. The van der Waals surface area contributed by atoms with Crippen LogP contribution in [0.1, 0.15) is 38.2 Å². The van der Waals surface area contributed by atoms with Crippen molar-refractivity contribution in [2.24, 2.45) is 5.73 Å². The summed E-state index contributed by atoms with van der Waals surface area (Å²) in [7, 11) is -3.59. The minimum absolute atomic E-state index is 0. The van der Waals surface area contributed by atoms with Gasteiger partial charge >= 0.3 is 0 Å². The molecule has 0 radical (unpaired) electrons. The molecule has 1 aromatic rings. The first-order valence-corrected chi connectivity index (χ1v) is 8.92. The summed E-state index contributed by atoms with van der Waals surface area (Å²) in [6, 6.07) is 4.84. The molecule has 0 spiro atoms. The number of amides is 1. The summed E-state index contributed by atoms with van der Waals surface area (Å²) >= 11 is 0. The first-order valence-electron chi connectivity index (χ1n) is 7.44. The fraction of sp³-hybridized carbons (Fsp3) is 0.533. The summed E-state index contributed by atoms with van der Waals surface area (Å²) in [5.41, 5.74) is 7.17. The van der Waals surface area contributed by atoms with Crippen molar-refractivity contribution >= 4 is 34.0 Å². The number of carbonyl (C=O) groups excluding carboxylic acids is 1. The second-order valence-electron chi connectivity index (χ2n) is 5.89. The van der Waals surface area contributed by atoms with Crippen LogP contribution < -0.4 is 15.8 Å². The molecule has 1 amide bonds. The van der Waals surface area contributed by atoms with Gasteiger partial charge in [0.1, 0.15) is 0 Å². The van der Waals surface area contributed by atoms with Gasteiger partial charge in [-0.25, -0.2) is 13.1 Å². The number of benzene rings is 1. The molecule has 0 aromatic heterocycles. The highest BCUT2D eigenvalue weighted by molar-refractivity contribution is 7.89. The molecule has 4 N–H and O–H groups in total. The van der Waals surface area contributed by atoms with E-state index in [0.717, 1.165) is 31.2 Å². The van der Waals surface area contributed by atoms with E-state index in [2.05, 4.69) is 10.0 Å². The molecule has 1 aromatic carbocycles. The number of nitrogens with one attached hydrogen (secondary N) is 2. The third-order valence-electron chi connectivity index (χ3n) is 3.92. The van der Waals surface area contributed by atoms with E-state index in [9.17, 15) is 13.2 Å². The summed E-state index contributed by atoms with van der Waals surface area (Å²) in [6.45, 7) is 3.21. The molecule has 0 unspecified atom stereocenters. The molecular weight excluding hydrogens is 338 g/mol. The third kappa shape index (κ3) is 5.46. The number of carbonyl (C=O) groups is 1. The number of hydrogen-bond acceptors (Lipinski definition) is 4. The van der Waals surface area contributed by atoms with Crippen LogP contribution in [0.5, 0.6) is 0 Å². The number of nitrogens with two attached hydrogens (primary N) is 1. The highest BCUT2D eigenvalue weighted by Crippen LogP contribution is 2.23. The molecule has 0 aliphatic heterocycles. The fourth-order valence-electron chi connectivity index (χ4n) is 2.62. The number of rotatable bonds is 4. The number of halogens is 1. The molecule has 23 heavy (non-hydrogen) atoms. The Morgan fingerprint density at radius 2 is 1.83 bits per heavy atom. The Morgan fingerprint density at radius 1 is 1.22 bits per heavy atom. The Bertz CT molecular complexity index is 656. The van der Waals surface area contributed by atoms with Gasteiger partial charge in [0.15, 0.2) is 0 Å². The smallest absolute Gasteiger partial charge is 0.240 e. The minimum Gasteiger partial charge on any atom is -0.328 e. The highest BCUT2D eigenvalue weighted by atomic mass is 35.5. The molecule has 0 bridgehead atoms. The lowest BCUT2D eigenvalue weighted by molar-refractivity contribution is -0.114. The Balaban J connectivity index is 0.00000264. The Labute approximate surface area is 143 Å². The molecule has 1 fully saturated rings. The van der Waals surface area contributed by atoms with E-state index < -0.39 is 10.0 Å². The molecule has 0 atom stereocenters. The summed E-state index contributed by atoms with van der Waals surface area (Å²) < 4.78 is 27.7. The Kier molecular flexibility index (Phi) is 7.01. The van der Waals surface area contributed by atoms with Crippen LogP contribution in [-0.4, -0.2) is 26.4 Å².